The average Bonchev–Trinajstić information content (AvgIpc) is 3.07. The van der Waals surface area contributed by atoms with E-state index >= 15 is 0 Å². The molecule has 0 fully saturated rings. The first-order chi connectivity index (χ1) is 11.3. The second-order valence-electron chi connectivity index (χ2n) is 5.09. The van der Waals surface area contributed by atoms with Crippen LogP contribution in [0.3, 0.4) is 0 Å². The van der Waals surface area contributed by atoms with Crippen molar-refractivity contribution in [3.63, 3.8) is 0 Å². The van der Waals surface area contributed by atoms with Crippen LogP contribution in [0.5, 0.6) is 5.75 Å². The summed E-state index contributed by atoms with van der Waals surface area (Å²) in [7, 11) is 1.66. The van der Waals surface area contributed by atoms with E-state index in [1.165, 1.54) is 0 Å². The highest BCUT2D eigenvalue weighted by molar-refractivity contribution is 5.65. The Hall–Kier alpha value is -3.21. The number of methoxy groups -OCH3 is 1. The molecule has 0 bridgehead atoms. The highest BCUT2D eigenvalue weighted by Gasteiger charge is 2.10. The number of ether oxygens (including phenoxy) is 1. The van der Waals surface area contributed by atoms with E-state index in [-0.39, 0.29) is 0 Å². The molecular weight excluding hydrogens is 288 g/mol. The normalized spacial score (nSPS) is 10.8. The number of hydrogen-bond donors (Lipinski definition) is 0. The average molecular weight is 302 g/mol. The van der Waals surface area contributed by atoms with Gasteiger partial charge in [0.15, 0.2) is 11.5 Å². The van der Waals surface area contributed by atoms with E-state index < -0.39 is 0 Å². The summed E-state index contributed by atoms with van der Waals surface area (Å²) in [5.41, 5.74) is 3.74. The van der Waals surface area contributed by atoms with Gasteiger partial charge in [0.25, 0.3) is 0 Å². The maximum Gasteiger partial charge on any atom is 0.183 e. The van der Waals surface area contributed by atoms with Gasteiger partial charge in [-0.1, -0.05) is 6.07 Å². The molecule has 5 nitrogen and oxygen atoms in total. The van der Waals surface area contributed by atoms with Crippen molar-refractivity contribution in [3.8, 4) is 28.4 Å². The van der Waals surface area contributed by atoms with E-state index in [0.29, 0.717) is 5.82 Å². The molecule has 0 N–H and O–H groups in total. The number of nitrogens with zero attached hydrogens (tertiary/aromatic N) is 4. The van der Waals surface area contributed by atoms with Crippen LogP contribution in [0.4, 0.5) is 0 Å². The molecule has 0 atom stereocenters. The molecular formula is C18H14N4O. The van der Waals surface area contributed by atoms with Crippen LogP contribution < -0.4 is 4.74 Å². The minimum absolute atomic E-state index is 0.666. The fourth-order valence-corrected chi connectivity index (χ4v) is 2.50. The third-order valence-electron chi connectivity index (χ3n) is 3.67. The van der Waals surface area contributed by atoms with Gasteiger partial charge in [-0.05, 0) is 48.5 Å². The zero-order valence-corrected chi connectivity index (χ0v) is 12.5. The summed E-state index contributed by atoms with van der Waals surface area (Å²) in [5.74, 6) is 1.50. The number of aromatic nitrogens is 4. The van der Waals surface area contributed by atoms with E-state index in [4.69, 9.17) is 4.74 Å². The van der Waals surface area contributed by atoms with Gasteiger partial charge in [-0.25, -0.2) is 9.50 Å². The van der Waals surface area contributed by atoms with Gasteiger partial charge in [-0.3, -0.25) is 4.98 Å². The van der Waals surface area contributed by atoms with Crippen LogP contribution in [-0.2, 0) is 0 Å². The zero-order chi connectivity index (χ0) is 15.6. The summed E-state index contributed by atoms with van der Waals surface area (Å²) in [6.07, 6.45) is 3.50. The smallest absolute Gasteiger partial charge is 0.183 e. The van der Waals surface area contributed by atoms with E-state index in [9.17, 15) is 0 Å². The summed E-state index contributed by atoms with van der Waals surface area (Å²) in [6, 6.07) is 17.7. The molecule has 0 amide bonds. The Kier molecular flexibility index (Phi) is 3.24. The second-order valence-corrected chi connectivity index (χ2v) is 5.09. The predicted molar refractivity (Wildman–Crippen MR) is 88.2 cm³/mol. The number of benzene rings is 1. The van der Waals surface area contributed by atoms with Gasteiger partial charge in [-0.15, -0.1) is 5.10 Å². The maximum absolute atomic E-state index is 5.21. The standard InChI is InChI=1S/C18H14N4O/c1-23-15-9-7-13(8-10-15)16-5-2-6-17-20-18(21-22(16)17)14-4-3-11-19-12-14/h2-12H,1H3. The molecule has 3 aromatic heterocycles. The number of pyridine rings is 2. The van der Waals surface area contributed by atoms with E-state index in [0.717, 1.165) is 28.2 Å². The lowest BCUT2D eigenvalue weighted by molar-refractivity contribution is 0.415. The Morgan fingerprint density at radius 3 is 2.52 bits per heavy atom. The first-order valence-corrected chi connectivity index (χ1v) is 7.26. The lowest BCUT2D eigenvalue weighted by Gasteiger charge is -2.05. The molecule has 1 aromatic carbocycles. The van der Waals surface area contributed by atoms with Gasteiger partial charge in [0.05, 0.1) is 12.8 Å². The quantitative estimate of drug-likeness (QED) is 0.581. The van der Waals surface area contributed by atoms with Crippen LogP contribution in [0.25, 0.3) is 28.3 Å². The van der Waals surface area contributed by atoms with E-state index in [2.05, 4.69) is 15.1 Å². The summed E-state index contributed by atoms with van der Waals surface area (Å²) >= 11 is 0. The van der Waals surface area contributed by atoms with Gasteiger partial charge >= 0.3 is 0 Å². The van der Waals surface area contributed by atoms with Crippen molar-refractivity contribution < 1.29 is 4.74 Å². The molecule has 0 aliphatic heterocycles. The first-order valence-electron chi connectivity index (χ1n) is 7.26. The highest BCUT2D eigenvalue weighted by Crippen LogP contribution is 2.24. The highest BCUT2D eigenvalue weighted by atomic mass is 16.5. The number of fused-ring (bicyclic) bond motifs is 1. The van der Waals surface area contributed by atoms with Crippen LogP contribution in [-0.4, -0.2) is 26.7 Å². The molecule has 0 spiro atoms. The lowest BCUT2D eigenvalue weighted by Crippen LogP contribution is -1.94. The summed E-state index contributed by atoms with van der Waals surface area (Å²) in [4.78, 5) is 8.72. The molecule has 0 radical (unpaired) electrons. The van der Waals surface area contributed by atoms with Crippen molar-refractivity contribution in [3.05, 3.63) is 67.0 Å². The lowest BCUT2D eigenvalue weighted by atomic mass is 10.1. The Bertz CT molecular complexity index is 946. The molecule has 112 valence electrons. The molecule has 0 aliphatic rings. The minimum Gasteiger partial charge on any atom is -0.497 e. The van der Waals surface area contributed by atoms with Gasteiger partial charge in [0, 0.05) is 23.5 Å². The van der Waals surface area contributed by atoms with Gasteiger partial charge in [0.2, 0.25) is 0 Å². The number of hydrogen-bond acceptors (Lipinski definition) is 4. The molecule has 3 heterocycles. The summed E-state index contributed by atoms with van der Waals surface area (Å²) < 4.78 is 7.06. The molecule has 0 aliphatic carbocycles. The van der Waals surface area contributed by atoms with Crippen molar-refractivity contribution in [1.82, 2.24) is 19.6 Å². The van der Waals surface area contributed by atoms with Crippen LogP contribution in [0.15, 0.2) is 67.0 Å². The predicted octanol–water partition coefficient (Wildman–Crippen LogP) is 3.47. The Morgan fingerprint density at radius 1 is 0.913 bits per heavy atom. The monoisotopic (exact) mass is 302 g/mol. The van der Waals surface area contributed by atoms with Crippen molar-refractivity contribution >= 4 is 5.65 Å². The summed E-state index contributed by atoms with van der Waals surface area (Å²) in [6.45, 7) is 0. The minimum atomic E-state index is 0.666. The molecule has 5 heteroatoms. The third kappa shape index (κ3) is 2.42. The van der Waals surface area contributed by atoms with Crippen molar-refractivity contribution in [1.29, 1.82) is 0 Å². The van der Waals surface area contributed by atoms with E-state index in [1.807, 2.05) is 59.1 Å². The molecule has 4 aromatic rings. The van der Waals surface area contributed by atoms with Gasteiger partial charge < -0.3 is 4.74 Å². The van der Waals surface area contributed by atoms with E-state index in [1.54, 1.807) is 19.5 Å². The van der Waals surface area contributed by atoms with Crippen LogP contribution >= 0.6 is 0 Å². The SMILES string of the molecule is COc1ccc(-c2cccc3nc(-c4cccnc4)nn23)cc1. The van der Waals surface area contributed by atoms with Gasteiger partial charge in [-0.2, -0.15) is 0 Å². The van der Waals surface area contributed by atoms with Gasteiger partial charge in [0.1, 0.15) is 5.75 Å². The molecule has 23 heavy (non-hydrogen) atoms. The van der Waals surface area contributed by atoms with Crippen molar-refractivity contribution in [2.75, 3.05) is 7.11 Å². The fourth-order valence-electron chi connectivity index (χ4n) is 2.50. The maximum atomic E-state index is 5.21. The Labute approximate surface area is 133 Å². The molecule has 4 rings (SSSR count). The second kappa shape index (κ2) is 5.53. The summed E-state index contributed by atoms with van der Waals surface area (Å²) in [5, 5.41) is 4.64. The molecule has 0 saturated heterocycles. The molecule has 0 unspecified atom stereocenters. The largest absolute Gasteiger partial charge is 0.497 e. The van der Waals surface area contributed by atoms with Crippen molar-refractivity contribution in [2.24, 2.45) is 0 Å². The van der Waals surface area contributed by atoms with Crippen LogP contribution in [0.2, 0.25) is 0 Å². The Balaban J connectivity index is 1.85. The molecule has 0 saturated carbocycles. The first kappa shape index (κ1) is 13.5. The number of rotatable bonds is 3. The van der Waals surface area contributed by atoms with Crippen molar-refractivity contribution in [2.45, 2.75) is 0 Å². The topological polar surface area (TPSA) is 52.3 Å². The van der Waals surface area contributed by atoms with Crippen LogP contribution in [0.1, 0.15) is 0 Å². The third-order valence-corrected chi connectivity index (χ3v) is 3.67. The Morgan fingerprint density at radius 2 is 1.78 bits per heavy atom. The van der Waals surface area contributed by atoms with Crippen LogP contribution in [0, 0.1) is 0 Å². The fraction of sp³-hybridized carbons (Fsp3) is 0.0556. The zero-order valence-electron chi connectivity index (χ0n) is 12.5.